The minimum atomic E-state index is -1.04. The Morgan fingerprint density at radius 3 is 2.52 bits per heavy atom. The molecule has 2 fully saturated rings. The van der Waals surface area contributed by atoms with Gasteiger partial charge in [0.15, 0.2) is 0 Å². The van der Waals surface area contributed by atoms with Gasteiger partial charge in [0, 0.05) is 101 Å². The molecule has 2 saturated heterocycles. The number of nitrogens with one attached hydrogen (secondary N) is 2. The van der Waals surface area contributed by atoms with Crippen LogP contribution in [0.25, 0.3) is 33.3 Å². The summed E-state index contributed by atoms with van der Waals surface area (Å²) in [6, 6.07) is 9.58. The molecule has 5 heterocycles. The van der Waals surface area contributed by atoms with Gasteiger partial charge in [-0.25, -0.2) is 5.43 Å². The Morgan fingerprint density at radius 2 is 1.84 bits per heavy atom. The van der Waals surface area contributed by atoms with Crippen molar-refractivity contribution in [2.45, 2.75) is 97.9 Å². The van der Waals surface area contributed by atoms with Gasteiger partial charge in [0.05, 0.1) is 36.2 Å². The molecule has 3 aliphatic rings. The minimum Gasteiger partial charge on any atom is -0.508 e. The predicted molar refractivity (Wildman–Crippen MR) is 266 cm³/mol. The van der Waals surface area contributed by atoms with Crippen LogP contribution in [0, 0.1) is 17.3 Å². The fraction of sp³-hybridized carbons (Fsp3) is 0.509. The average molecular weight is 947 g/mol. The standard InChI is InChI=1S/C53H70N8O8/c1-10-46(64)59-21-16-36(30-59)51(66)58(8)48(33(3)4)50(65)56-42(52(67)61-19-13-12-18-55-61)24-34-22-37(25-38(63)23-34)35-14-15-43-39(26-35)40(27-53(5,6)31-69-32-62)49(60(43)11-2)41-28-54-29-44-47(41)45(68-9)17-20-57(44)7/h10,14-15,22-23,25-26,28-29,32-33,36,42,45,48,55,63H,1,11-13,16-21,24,27,30-31H2,2-9H3,(H,56,65)/t36-,42-,45-,48-/m0/s1. The second-order valence-electron chi connectivity index (χ2n) is 20.0. The number of carbonyl (C=O) groups is 5. The zero-order chi connectivity index (χ0) is 49.7. The Bertz CT molecular complexity index is 2570. The third kappa shape index (κ3) is 10.8. The van der Waals surface area contributed by atoms with Crippen molar-refractivity contribution < 1.29 is 38.6 Å². The molecule has 3 N–H and O–H groups in total. The molecule has 69 heavy (non-hydrogen) atoms. The normalized spacial score (nSPS) is 18.2. The molecule has 0 unspecified atom stereocenters. The molecular weight excluding hydrogens is 877 g/mol. The van der Waals surface area contributed by atoms with Crippen LogP contribution < -0.4 is 15.6 Å². The van der Waals surface area contributed by atoms with E-state index in [2.05, 4.69) is 66.7 Å². The topological polar surface area (TPSA) is 179 Å². The number of hydrazine groups is 1. The van der Waals surface area contributed by atoms with Gasteiger partial charge >= 0.3 is 0 Å². The number of hydrogen-bond acceptors (Lipinski definition) is 11. The van der Waals surface area contributed by atoms with E-state index in [9.17, 15) is 29.1 Å². The van der Waals surface area contributed by atoms with Crippen molar-refractivity contribution in [3.8, 4) is 28.1 Å². The van der Waals surface area contributed by atoms with Crippen molar-refractivity contribution in [3.63, 3.8) is 0 Å². The zero-order valence-corrected chi connectivity index (χ0v) is 41.5. The van der Waals surface area contributed by atoms with E-state index in [1.54, 1.807) is 36.2 Å². The molecule has 0 aliphatic carbocycles. The second-order valence-corrected chi connectivity index (χ2v) is 20.0. The molecular formula is C53H70N8O8. The van der Waals surface area contributed by atoms with Crippen molar-refractivity contribution in [3.05, 3.63) is 78.1 Å². The maximum atomic E-state index is 14.4. The third-order valence-corrected chi connectivity index (χ3v) is 14.1. The smallest absolute Gasteiger partial charge is 0.293 e. The predicted octanol–water partition coefficient (Wildman–Crippen LogP) is 6.04. The van der Waals surface area contributed by atoms with Gasteiger partial charge in [0.25, 0.3) is 12.4 Å². The highest BCUT2D eigenvalue weighted by atomic mass is 16.5. The number of pyridine rings is 1. The minimum absolute atomic E-state index is 0.00180. The van der Waals surface area contributed by atoms with Crippen molar-refractivity contribution in [1.82, 2.24) is 35.1 Å². The number of phenolic OH excluding ortho intramolecular Hbond substituents is 1. The summed E-state index contributed by atoms with van der Waals surface area (Å²) in [6.07, 6.45) is 8.56. The van der Waals surface area contributed by atoms with Gasteiger partial charge in [-0.15, -0.1) is 0 Å². The monoisotopic (exact) mass is 947 g/mol. The Morgan fingerprint density at radius 1 is 1.06 bits per heavy atom. The fourth-order valence-electron chi connectivity index (χ4n) is 10.7. The van der Waals surface area contributed by atoms with E-state index in [-0.39, 0.29) is 55.1 Å². The summed E-state index contributed by atoms with van der Waals surface area (Å²) in [5.41, 5.74) is 11.1. The third-order valence-electron chi connectivity index (χ3n) is 14.1. The number of fused-ring (bicyclic) bond motifs is 2. The van der Waals surface area contributed by atoms with Gasteiger partial charge < -0.3 is 39.2 Å². The highest BCUT2D eigenvalue weighted by Crippen LogP contribution is 2.46. The molecule has 2 aromatic heterocycles. The summed E-state index contributed by atoms with van der Waals surface area (Å²) in [5.74, 6) is -2.05. The van der Waals surface area contributed by atoms with E-state index in [1.165, 1.54) is 11.0 Å². The second kappa shape index (κ2) is 21.6. The van der Waals surface area contributed by atoms with Crippen LogP contribution in [0.15, 0.2) is 61.4 Å². The van der Waals surface area contributed by atoms with Gasteiger partial charge in [0.2, 0.25) is 17.7 Å². The molecule has 370 valence electrons. The summed E-state index contributed by atoms with van der Waals surface area (Å²) in [5, 5.41) is 17.0. The fourth-order valence-corrected chi connectivity index (χ4v) is 10.7. The van der Waals surface area contributed by atoms with Gasteiger partial charge in [-0.05, 0) is 97.5 Å². The van der Waals surface area contributed by atoms with Crippen molar-refractivity contribution in [2.24, 2.45) is 17.3 Å². The number of nitrogens with zero attached hydrogens (tertiary/aromatic N) is 6. The number of aromatic hydroxyl groups is 1. The molecule has 0 bridgehead atoms. The number of ether oxygens (including phenoxy) is 2. The molecule has 2 aromatic carbocycles. The van der Waals surface area contributed by atoms with Crippen LogP contribution in [0.1, 0.15) is 83.1 Å². The zero-order valence-electron chi connectivity index (χ0n) is 41.5. The lowest BCUT2D eigenvalue weighted by molar-refractivity contribution is -0.145. The Hall–Kier alpha value is -6.26. The van der Waals surface area contributed by atoms with Crippen LogP contribution in [0.2, 0.25) is 0 Å². The molecule has 4 amide bonds. The summed E-state index contributed by atoms with van der Waals surface area (Å²) in [4.78, 5) is 76.5. The van der Waals surface area contributed by atoms with E-state index < -0.39 is 29.3 Å². The van der Waals surface area contributed by atoms with Crippen LogP contribution in [-0.4, -0.2) is 132 Å². The summed E-state index contributed by atoms with van der Waals surface area (Å²) >= 11 is 0. The van der Waals surface area contributed by atoms with Crippen LogP contribution in [0.3, 0.4) is 0 Å². The van der Waals surface area contributed by atoms with Crippen molar-refractivity contribution >= 4 is 46.7 Å². The first kappa shape index (κ1) is 50.6. The van der Waals surface area contributed by atoms with E-state index >= 15 is 0 Å². The number of aryl methyl sites for hydroxylation is 1. The molecule has 0 radical (unpaired) electrons. The highest BCUT2D eigenvalue weighted by Gasteiger charge is 2.39. The van der Waals surface area contributed by atoms with E-state index in [0.717, 1.165) is 70.3 Å². The van der Waals surface area contributed by atoms with Gasteiger partial charge in [-0.1, -0.05) is 46.4 Å². The molecule has 3 aliphatic heterocycles. The number of likely N-dealkylation sites (tertiary alicyclic amines) is 1. The Labute approximate surface area is 406 Å². The van der Waals surface area contributed by atoms with Crippen molar-refractivity contribution in [1.29, 1.82) is 0 Å². The molecule has 16 nitrogen and oxygen atoms in total. The van der Waals surface area contributed by atoms with Gasteiger partial charge in [-0.2, -0.15) is 0 Å². The molecule has 0 spiro atoms. The molecule has 4 aromatic rings. The lowest BCUT2D eigenvalue weighted by atomic mass is 9.83. The Balaban J connectivity index is 1.26. The molecule has 16 heteroatoms. The maximum Gasteiger partial charge on any atom is 0.293 e. The number of hydrogen-bond donors (Lipinski definition) is 3. The number of methoxy groups -OCH3 is 1. The highest BCUT2D eigenvalue weighted by molar-refractivity contribution is 5.97. The largest absolute Gasteiger partial charge is 0.508 e. The number of aromatic nitrogens is 2. The number of benzene rings is 2. The number of anilines is 1. The lowest BCUT2D eigenvalue weighted by Crippen LogP contribution is -2.59. The summed E-state index contributed by atoms with van der Waals surface area (Å²) < 4.78 is 13.8. The van der Waals surface area contributed by atoms with Gasteiger partial charge in [-0.3, -0.25) is 34.0 Å². The van der Waals surface area contributed by atoms with Crippen LogP contribution in [0.5, 0.6) is 5.75 Å². The molecule has 4 atom stereocenters. The number of rotatable bonds is 18. The van der Waals surface area contributed by atoms with E-state index in [4.69, 9.17) is 14.5 Å². The summed E-state index contributed by atoms with van der Waals surface area (Å²) in [7, 11) is 5.43. The lowest BCUT2D eigenvalue weighted by Gasteiger charge is -2.35. The average Bonchev–Trinajstić information content (AvgIpc) is 3.95. The Kier molecular flexibility index (Phi) is 15.8. The first-order valence-electron chi connectivity index (χ1n) is 24.3. The summed E-state index contributed by atoms with van der Waals surface area (Å²) in [6.45, 7) is 17.5. The van der Waals surface area contributed by atoms with E-state index in [1.807, 2.05) is 38.4 Å². The van der Waals surface area contributed by atoms with Crippen LogP contribution in [0.4, 0.5) is 5.69 Å². The number of phenols is 1. The van der Waals surface area contributed by atoms with Crippen LogP contribution >= 0.6 is 0 Å². The first-order chi connectivity index (χ1) is 33.0. The van der Waals surface area contributed by atoms with Gasteiger partial charge in [0.1, 0.15) is 17.8 Å². The molecule has 0 saturated carbocycles. The quantitative estimate of drug-likeness (QED) is 0.0783. The van der Waals surface area contributed by atoms with E-state index in [0.29, 0.717) is 56.6 Å². The number of likely N-dealkylation sites (N-methyl/N-ethyl adjacent to an activating group) is 1. The maximum absolute atomic E-state index is 14.4. The SMILES string of the molecule is C=CC(=O)N1CC[C@H](C(=O)N(C)[C@H](C(=O)N[C@@H](Cc2cc(O)cc(-c3ccc4c(c3)c(CC(C)(C)COC=O)c(-c3cncc5c3[C@@H](OC)CCN5C)n4CC)c2)C(=O)N2CCCCN2)C(C)C)C1. The number of carbonyl (C=O) groups excluding carboxylic acids is 5. The first-order valence-corrected chi connectivity index (χ1v) is 24.3. The van der Waals surface area contributed by atoms with Crippen molar-refractivity contribution in [2.75, 3.05) is 65.4 Å². The number of amides is 4. The molecule has 7 rings (SSSR count). The van der Waals surface area contributed by atoms with Crippen LogP contribution in [-0.2, 0) is 52.8 Å².